The molecular formula is C15H21NO4S. The second-order valence-corrected chi connectivity index (χ2v) is 7.82. The van der Waals surface area contributed by atoms with E-state index in [1.54, 1.807) is 37.1 Å². The number of sulfone groups is 1. The van der Waals surface area contributed by atoms with Crippen molar-refractivity contribution < 1.29 is 18.3 Å². The van der Waals surface area contributed by atoms with Crippen molar-refractivity contribution in [3.63, 3.8) is 0 Å². The van der Waals surface area contributed by atoms with E-state index < -0.39 is 9.84 Å². The van der Waals surface area contributed by atoms with E-state index in [-0.39, 0.29) is 28.2 Å². The molecule has 1 amide bonds. The molecule has 0 radical (unpaired) electrons. The van der Waals surface area contributed by atoms with Crippen molar-refractivity contribution in [2.45, 2.75) is 30.8 Å². The van der Waals surface area contributed by atoms with Gasteiger partial charge in [0.05, 0.1) is 22.3 Å². The zero-order chi connectivity index (χ0) is 15.6. The molecule has 21 heavy (non-hydrogen) atoms. The van der Waals surface area contributed by atoms with Gasteiger partial charge < -0.3 is 10.0 Å². The molecule has 0 bridgehead atoms. The molecule has 0 heterocycles. The van der Waals surface area contributed by atoms with Gasteiger partial charge in [0.2, 0.25) is 0 Å². The number of rotatable bonds is 5. The third-order valence-corrected chi connectivity index (χ3v) is 5.71. The van der Waals surface area contributed by atoms with Gasteiger partial charge in [0.25, 0.3) is 5.91 Å². The largest absolute Gasteiger partial charge is 0.393 e. The van der Waals surface area contributed by atoms with E-state index >= 15 is 0 Å². The highest BCUT2D eigenvalue weighted by Crippen LogP contribution is 2.28. The Bertz CT molecular complexity index is 620. The fraction of sp³-hybridized carbons (Fsp3) is 0.533. The Balaban J connectivity index is 2.19. The molecule has 0 aromatic heterocycles. The lowest BCUT2D eigenvalue weighted by Gasteiger charge is -2.34. The average Bonchev–Trinajstić information content (AvgIpc) is 2.44. The van der Waals surface area contributed by atoms with Crippen LogP contribution in [0.5, 0.6) is 0 Å². The number of hydrogen-bond acceptors (Lipinski definition) is 4. The van der Waals surface area contributed by atoms with E-state index in [0.717, 1.165) is 0 Å². The van der Waals surface area contributed by atoms with Crippen molar-refractivity contribution >= 4 is 15.7 Å². The lowest BCUT2D eigenvalue weighted by atomic mass is 9.82. The predicted molar refractivity (Wildman–Crippen MR) is 79.9 cm³/mol. The van der Waals surface area contributed by atoms with Crippen LogP contribution in [0, 0.1) is 5.92 Å². The van der Waals surface area contributed by atoms with Crippen LogP contribution in [0.25, 0.3) is 0 Å². The maximum absolute atomic E-state index is 12.5. The zero-order valence-corrected chi connectivity index (χ0v) is 13.1. The first kappa shape index (κ1) is 16.0. The highest BCUT2D eigenvalue weighted by Gasteiger charge is 2.30. The second-order valence-electron chi connectivity index (χ2n) is 5.58. The first-order valence-corrected chi connectivity index (χ1v) is 8.75. The van der Waals surface area contributed by atoms with Gasteiger partial charge in [-0.25, -0.2) is 8.42 Å². The van der Waals surface area contributed by atoms with Crippen LogP contribution in [-0.4, -0.2) is 49.8 Å². The number of amides is 1. The average molecular weight is 311 g/mol. The number of hydrogen-bond donors (Lipinski definition) is 1. The number of carbonyl (C=O) groups excluding carboxylic acids is 1. The van der Waals surface area contributed by atoms with Crippen molar-refractivity contribution in [2.24, 2.45) is 5.92 Å². The smallest absolute Gasteiger partial charge is 0.254 e. The maximum atomic E-state index is 12.5. The van der Waals surface area contributed by atoms with Gasteiger partial charge in [-0.2, -0.15) is 0 Å². The summed E-state index contributed by atoms with van der Waals surface area (Å²) in [6.07, 6.45) is 1.14. The van der Waals surface area contributed by atoms with Crippen molar-refractivity contribution in [3.05, 3.63) is 29.8 Å². The summed E-state index contributed by atoms with van der Waals surface area (Å²) in [4.78, 5) is 14.1. The molecule has 0 unspecified atom stereocenters. The van der Waals surface area contributed by atoms with Crippen LogP contribution in [0.2, 0.25) is 0 Å². The standard InChI is InChI=1S/C15H21NO4S/c1-3-21(19,20)14-7-5-4-6-13(14)15(18)16(2)10-11-8-12(17)9-11/h4-7,11-12,17H,3,8-10H2,1-2H3. The molecule has 5 nitrogen and oxygen atoms in total. The van der Waals surface area contributed by atoms with Gasteiger partial charge in [-0.3, -0.25) is 4.79 Å². The van der Waals surface area contributed by atoms with E-state index in [0.29, 0.717) is 25.3 Å². The van der Waals surface area contributed by atoms with Gasteiger partial charge in [0.1, 0.15) is 0 Å². The molecule has 1 aromatic carbocycles. The van der Waals surface area contributed by atoms with Crippen LogP contribution in [0.15, 0.2) is 29.2 Å². The van der Waals surface area contributed by atoms with E-state index in [4.69, 9.17) is 0 Å². The summed E-state index contributed by atoms with van der Waals surface area (Å²) in [6.45, 7) is 2.10. The van der Waals surface area contributed by atoms with Crippen LogP contribution in [0.3, 0.4) is 0 Å². The summed E-state index contributed by atoms with van der Waals surface area (Å²) in [7, 11) is -1.75. The van der Waals surface area contributed by atoms with Crippen molar-refractivity contribution in [1.82, 2.24) is 4.90 Å². The van der Waals surface area contributed by atoms with Crippen LogP contribution in [0.1, 0.15) is 30.1 Å². The summed E-state index contributed by atoms with van der Waals surface area (Å²) in [5.41, 5.74) is 0.224. The Labute approximate surface area is 125 Å². The summed E-state index contributed by atoms with van der Waals surface area (Å²) in [5.74, 6) is -0.0246. The molecule has 1 fully saturated rings. The van der Waals surface area contributed by atoms with Gasteiger partial charge in [0.15, 0.2) is 9.84 Å². The molecule has 1 saturated carbocycles. The third kappa shape index (κ3) is 3.44. The zero-order valence-electron chi connectivity index (χ0n) is 12.3. The van der Waals surface area contributed by atoms with Crippen LogP contribution in [-0.2, 0) is 9.84 Å². The van der Waals surface area contributed by atoms with Gasteiger partial charge in [-0.15, -0.1) is 0 Å². The minimum Gasteiger partial charge on any atom is -0.393 e. The molecule has 0 saturated heterocycles. The topological polar surface area (TPSA) is 74.7 Å². The van der Waals surface area contributed by atoms with Crippen molar-refractivity contribution in [3.8, 4) is 0 Å². The summed E-state index contributed by atoms with van der Waals surface area (Å²) < 4.78 is 24.2. The van der Waals surface area contributed by atoms with E-state index in [9.17, 15) is 18.3 Å². The molecule has 0 atom stereocenters. The normalized spacial score (nSPS) is 21.7. The Morgan fingerprint density at radius 3 is 2.52 bits per heavy atom. The summed E-state index contributed by atoms with van der Waals surface area (Å²) in [6, 6.07) is 6.33. The Hall–Kier alpha value is -1.40. The highest BCUT2D eigenvalue weighted by atomic mass is 32.2. The Morgan fingerprint density at radius 2 is 1.95 bits per heavy atom. The number of nitrogens with zero attached hydrogens (tertiary/aromatic N) is 1. The SMILES string of the molecule is CCS(=O)(=O)c1ccccc1C(=O)N(C)CC1CC(O)C1. The second kappa shape index (κ2) is 6.15. The molecule has 2 rings (SSSR count). The van der Waals surface area contributed by atoms with Gasteiger partial charge in [-0.1, -0.05) is 19.1 Å². The fourth-order valence-electron chi connectivity index (χ4n) is 2.60. The van der Waals surface area contributed by atoms with E-state index in [1.807, 2.05) is 0 Å². The van der Waals surface area contributed by atoms with Crippen LogP contribution in [0.4, 0.5) is 0 Å². The minimum absolute atomic E-state index is 0.0319. The van der Waals surface area contributed by atoms with Gasteiger partial charge in [-0.05, 0) is 30.9 Å². The molecule has 0 aliphatic heterocycles. The molecular weight excluding hydrogens is 290 g/mol. The number of aliphatic hydroxyl groups is 1. The Kier molecular flexibility index (Phi) is 4.68. The fourth-order valence-corrected chi connectivity index (χ4v) is 3.68. The molecule has 1 aromatic rings. The van der Waals surface area contributed by atoms with E-state index in [1.165, 1.54) is 6.07 Å². The van der Waals surface area contributed by atoms with Crippen molar-refractivity contribution in [1.29, 1.82) is 0 Å². The molecule has 6 heteroatoms. The predicted octanol–water partition coefficient (Wildman–Crippen LogP) is 1.32. The van der Waals surface area contributed by atoms with Crippen LogP contribution >= 0.6 is 0 Å². The lowest BCUT2D eigenvalue weighted by molar-refractivity contribution is 0.0264. The van der Waals surface area contributed by atoms with Gasteiger partial charge >= 0.3 is 0 Å². The first-order chi connectivity index (χ1) is 9.85. The quantitative estimate of drug-likeness (QED) is 0.890. The third-order valence-electron chi connectivity index (χ3n) is 3.92. The number of benzene rings is 1. The minimum atomic E-state index is -3.42. The lowest BCUT2D eigenvalue weighted by Crippen LogP contribution is -2.39. The molecule has 0 spiro atoms. The van der Waals surface area contributed by atoms with Gasteiger partial charge in [0, 0.05) is 13.6 Å². The van der Waals surface area contributed by atoms with Crippen molar-refractivity contribution in [2.75, 3.05) is 19.3 Å². The number of carbonyl (C=O) groups is 1. The molecule has 1 aliphatic rings. The molecule has 1 N–H and O–H groups in total. The molecule has 1 aliphatic carbocycles. The molecule has 116 valence electrons. The Morgan fingerprint density at radius 1 is 1.33 bits per heavy atom. The van der Waals surface area contributed by atoms with E-state index in [2.05, 4.69) is 0 Å². The monoisotopic (exact) mass is 311 g/mol. The maximum Gasteiger partial charge on any atom is 0.254 e. The highest BCUT2D eigenvalue weighted by molar-refractivity contribution is 7.91. The van der Waals surface area contributed by atoms with Crippen LogP contribution < -0.4 is 0 Å². The summed E-state index contributed by atoms with van der Waals surface area (Å²) in [5, 5.41) is 9.29. The number of aliphatic hydroxyl groups excluding tert-OH is 1. The summed E-state index contributed by atoms with van der Waals surface area (Å²) >= 11 is 0. The first-order valence-electron chi connectivity index (χ1n) is 7.10.